The van der Waals surface area contributed by atoms with Crippen LogP contribution in [-0.4, -0.2) is 37.1 Å². The van der Waals surface area contributed by atoms with Gasteiger partial charge in [-0.3, -0.25) is 9.59 Å². The Labute approximate surface area is 254 Å². The Morgan fingerprint density at radius 3 is 2.12 bits per heavy atom. The Hall–Kier alpha value is -4.27. The van der Waals surface area contributed by atoms with Gasteiger partial charge < -0.3 is 10.6 Å². The number of benzene rings is 4. The Kier molecular flexibility index (Phi) is 8.80. The van der Waals surface area contributed by atoms with Crippen molar-refractivity contribution in [3.63, 3.8) is 0 Å². The van der Waals surface area contributed by atoms with E-state index in [1.54, 1.807) is 24.3 Å². The van der Waals surface area contributed by atoms with Gasteiger partial charge in [0.15, 0.2) is 0 Å². The molecule has 1 aliphatic heterocycles. The van der Waals surface area contributed by atoms with Crippen LogP contribution in [0.3, 0.4) is 0 Å². The van der Waals surface area contributed by atoms with Crippen LogP contribution in [0.5, 0.6) is 0 Å². The summed E-state index contributed by atoms with van der Waals surface area (Å²) in [6, 6.07) is 25.3. The van der Waals surface area contributed by atoms with E-state index in [0.717, 1.165) is 27.8 Å². The van der Waals surface area contributed by atoms with Crippen LogP contribution in [0.25, 0.3) is 0 Å². The molecule has 0 saturated heterocycles. The van der Waals surface area contributed by atoms with Crippen molar-refractivity contribution in [2.45, 2.75) is 58.0 Å². The van der Waals surface area contributed by atoms with E-state index >= 15 is 0 Å². The van der Waals surface area contributed by atoms with Crippen molar-refractivity contribution in [1.29, 1.82) is 0 Å². The van der Waals surface area contributed by atoms with Crippen LogP contribution < -0.4 is 10.6 Å². The van der Waals surface area contributed by atoms with Gasteiger partial charge in [0, 0.05) is 13.1 Å². The number of hydrogen-bond donors (Lipinski definition) is 2. The van der Waals surface area contributed by atoms with Gasteiger partial charge in [0.25, 0.3) is 5.91 Å². The zero-order valence-electron chi connectivity index (χ0n) is 25.0. The van der Waals surface area contributed by atoms with E-state index in [4.69, 9.17) is 0 Å². The molecule has 2 amide bonds. The quantitative estimate of drug-likeness (QED) is 0.275. The lowest BCUT2D eigenvalue weighted by atomic mass is 9.95. The number of aryl methyl sites for hydroxylation is 2. The largest absolute Gasteiger partial charge is 0.352 e. The van der Waals surface area contributed by atoms with Gasteiger partial charge in [0.1, 0.15) is 6.04 Å². The average molecular weight is 596 g/mol. The summed E-state index contributed by atoms with van der Waals surface area (Å²) in [5, 5.41) is 5.83. The summed E-state index contributed by atoms with van der Waals surface area (Å²) in [5.74, 6) is -0.797. The molecule has 4 aromatic carbocycles. The maximum atomic E-state index is 14.4. The molecule has 0 spiro atoms. The van der Waals surface area contributed by atoms with Gasteiger partial charge >= 0.3 is 0 Å². The molecule has 7 nitrogen and oxygen atoms in total. The van der Waals surface area contributed by atoms with Crippen molar-refractivity contribution in [1.82, 2.24) is 9.62 Å². The fourth-order valence-corrected chi connectivity index (χ4v) is 7.87. The number of fused-ring (bicyclic) bond motifs is 1. The molecule has 5 rings (SSSR count). The van der Waals surface area contributed by atoms with Crippen LogP contribution in [0.2, 0.25) is 0 Å². The second-order valence-electron chi connectivity index (χ2n) is 11.2. The molecule has 0 radical (unpaired) electrons. The molecule has 1 aliphatic rings. The third kappa shape index (κ3) is 6.26. The number of nitrogens with one attached hydrogen (secondary N) is 2. The molecular weight excluding hydrogens is 558 g/mol. The van der Waals surface area contributed by atoms with Crippen molar-refractivity contribution in [3.8, 4) is 0 Å². The van der Waals surface area contributed by atoms with Gasteiger partial charge in [-0.2, -0.15) is 4.31 Å². The molecule has 0 unspecified atom stereocenters. The van der Waals surface area contributed by atoms with Gasteiger partial charge in [0.05, 0.1) is 16.1 Å². The van der Waals surface area contributed by atoms with Crippen molar-refractivity contribution in [2.75, 3.05) is 11.9 Å². The SMILES string of the molecule is Cc1cc(C)c(C)c(S(=O)(=O)N2Cc3ccccc3C[C@@H]2C(=O)Nc2ccccc2C(=O)NCCc2ccccc2)c1C. The van der Waals surface area contributed by atoms with Crippen LogP contribution in [0.4, 0.5) is 5.69 Å². The monoisotopic (exact) mass is 595 g/mol. The minimum Gasteiger partial charge on any atom is -0.352 e. The Morgan fingerprint density at radius 1 is 0.814 bits per heavy atom. The Bertz CT molecular complexity index is 1760. The lowest BCUT2D eigenvalue weighted by Crippen LogP contribution is -2.51. The molecule has 8 heteroatoms. The maximum absolute atomic E-state index is 14.4. The summed E-state index contributed by atoms with van der Waals surface area (Å²) < 4.78 is 30.1. The van der Waals surface area contributed by atoms with E-state index in [-0.39, 0.29) is 23.8 Å². The van der Waals surface area contributed by atoms with Gasteiger partial charge in [-0.1, -0.05) is 72.8 Å². The first-order chi connectivity index (χ1) is 20.6. The Balaban J connectivity index is 1.44. The molecule has 2 N–H and O–H groups in total. The van der Waals surface area contributed by atoms with Crippen molar-refractivity contribution in [3.05, 3.63) is 129 Å². The summed E-state index contributed by atoms with van der Waals surface area (Å²) in [6.45, 7) is 7.94. The highest BCUT2D eigenvalue weighted by Gasteiger charge is 2.41. The lowest BCUT2D eigenvalue weighted by Gasteiger charge is -2.36. The zero-order chi connectivity index (χ0) is 30.7. The molecule has 1 heterocycles. The first-order valence-electron chi connectivity index (χ1n) is 14.5. The molecule has 0 saturated carbocycles. The lowest BCUT2D eigenvalue weighted by molar-refractivity contribution is -0.120. The molecule has 43 heavy (non-hydrogen) atoms. The number of sulfonamides is 1. The average Bonchev–Trinajstić information content (AvgIpc) is 3.00. The van der Waals surface area contributed by atoms with E-state index in [1.165, 1.54) is 4.31 Å². The molecule has 222 valence electrons. The number of hydrogen-bond acceptors (Lipinski definition) is 4. The number of amides is 2. The first-order valence-corrected chi connectivity index (χ1v) is 15.9. The van der Waals surface area contributed by atoms with Crippen molar-refractivity contribution >= 4 is 27.5 Å². The summed E-state index contributed by atoms with van der Waals surface area (Å²) in [6.07, 6.45) is 0.891. The third-order valence-electron chi connectivity index (χ3n) is 8.34. The molecular formula is C35H37N3O4S. The van der Waals surface area contributed by atoms with E-state index in [9.17, 15) is 18.0 Å². The van der Waals surface area contributed by atoms with Gasteiger partial charge in [0.2, 0.25) is 15.9 Å². The van der Waals surface area contributed by atoms with Crippen LogP contribution in [0.1, 0.15) is 49.3 Å². The molecule has 1 atom stereocenters. The minimum atomic E-state index is -4.07. The first kappa shape index (κ1) is 30.2. The number of rotatable bonds is 8. The Morgan fingerprint density at radius 2 is 1.42 bits per heavy atom. The van der Waals surface area contributed by atoms with E-state index in [1.807, 2.05) is 88.4 Å². The standard InChI is InChI=1S/C35H37N3O4S/c1-23-20-24(2)26(4)33(25(23)3)43(41,42)38-22-29-15-9-8-14-28(29)21-32(38)35(40)37-31-17-11-10-16-30(31)34(39)36-19-18-27-12-6-5-7-13-27/h5-17,20,32H,18-19,21-22H2,1-4H3,(H,36,39)(H,37,40)/t32-/m1/s1. The summed E-state index contributed by atoms with van der Waals surface area (Å²) in [7, 11) is -4.07. The van der Waals surface area contributed by atoms with Crippen LogP contribution in [-0.2, 0) is 34.2 Å². The van der Waals surface area contributed by atoms with Crippen LogP contribution in [0, 0.1) is 27.7 Å². The summed E-state index contributed by atoms with van der Waals surface area (Å²) in [4.78, 5) is 27.4. The summed E-state index contributed by atoms with van der Waals surface area (Å²) in [5.41, 5.74) is 6.67. The highest BCUT2D eigenvalue weighted by atomic mass is 32.2. The van der Waals surface area contributed by atoms with Crippen molar-refractivity contribution < 1.29 is 18.0 Å². The van der Waals surface area contributed by atoms with Crippen LogP contribution in [0.15, 0.2) is 89.8 Å². The van der Waals surface area contributed by atoms with E-state index in [2.05, 4.69) is 10.6 Å². The fraction of sp³-hybridized carbons (Fsp3) is 0.257. The highest BCUT2D eigenvalue weighted by Crippen LogP contribution is 2.34. The van der Waals surface area contributed by atoms with E-state index in [0.29, 0.717) is 35.3 Å². The van der Waals surface area contributed by atoms with Gasteiger partial charge in [-0.05, 0) is 91.6 Å². The second-order valence-corrected chi connectivity index (χ2v) is 13.0. The molecule has 0 aromatic heterocycles. The molecule has 0 aliphatic carbocycles. The smallest absolute Gasteiger partial charge is 0.253 e. The second kappa shape index (κ2) is 12.5. The van der Waals surface area contributed by atoms with Gasteiger partial charge in [-0.25, -0.2) is 8.42 Å². The predicted octanol–water partition coefficient (Wildman–Crippen LogP) is 5.65. The van der Waals surface area contributed by atoms with Crippen molar-refractivity contribution in [2.24, 2.45) is 0 Å². The van der Waals surface area contributed by atoms with E-state index < -0.39 is 22.0 Å². The summed E-state index contributed by atoms with van der Waals surface area (Å²) >= 11 is 0. The normalized spacial score (nSPS) is 15.0. The molecule has 4 aromatic rings. The zero-order valence-corrected chi connectivity index (χ0v) is 25.8. The highest BCUT2D eigenvalue weighted by molar-refractivity contribution is 7.89. The minimum absolute atomic E-state index is 0.0735. The maximum Gasteiger partial charge on any atom is 0.253 e. The van der Waals surface area contributed by atoms with Gasteiger partial charge in [-0.15, -0.1) is 0 Å². The third-order valence-corrected chi connectivity index (χ3v) is 10.5. The number of para-hydroxylation sites is 1. The molecule has 0 bridgehead atoms. The van der Waals surface area contributed by atoms with Crippen LogP contribution >= 0.6 is 0 Å². The fourth-order valence-electron chi connectivity index (χ4n) is 5.73. The number of carbonyl (C=O) groups excluding carboxylic acids is 2. The number of anilines is 1. The predicted molar refractivity (Wildman–Crippen MR) is 170 cm³/mol. The number of carbonyl (C=O) groups is 2. The topological polar surface area (TPSA) is 95.6 Å². The molecule has 0 fully saturated rings. The number of nitrogens with zero attached hydrogens (tertiary/aromatic N) is 1.